The van der Waals surface area contributed by atoms with Crippen molar-refractivity contribution in [3.05, 3.63) is 60.2 Å². The average Bonchev–Trinajstić information content (AvgIpc) is 3.11. The monoisotopic (exact) mass is 373 g/mol. The van der Waals surface area contributed by atoms with E-state index in [4.69, 9.17) is 5.73 Å². The lowest BCUT2D eigenvalue weighted by atomic mass is 9.97. The molecule has 1 saturated carbocycles. The summed E-state index contributed by atoms with van der Waals surface area (Å²) in [5.74, 6) is -0.238. The van der Waals surface area contributed by atoms with Crippen LogP contribution in [0.3, 0.4) is 0 Å². The van der Waals surface area contributed by atoms with Crippen molar-refractivity contribution >= 4 is 21.6 Å². The summed E-state index contributed by atoms with van der Waals surface area (Å²) in [5.41, 5.74) is 6.26. The Bertz CT molecular complexity index is 876. The smallest absolute Gasteiger partial charge is 0.261 e. The van der Waals surface area contributed by atoms with E-state index >= 15 is 0 Å². The molecule has 1 aliphatic carbocycles. The van der Waals surface area contributed by atoms with Crippen LogP contribution in [0.4, 0.5) is 5.69 Å². The van der Waals surface area contributed by atoms with E-state index in [1.54, 1.807) is 36.4 Å². The standard InChI is InChI=1S/C19H23N3O3S/c20-14-19(11-4-5-12-19)21-18(23)15-7-6-8-16(13-15)22-26(24,25)17-9-2-1-3-10-17/h1-3,6-10,13,22H,4-5,11-12,14,20H2,(H,21,23). The van der Waals surface area contributed by atoms with Gasteiger partial charge in [0.2, 0.25) is 0 Å². The van der Waals surface area contributed by atoms with Crippen LogP contribution < -0.4 is 15.8 Å². The van der Waals surface area contributed by atoms with Gasteiger partial charge in [0.1, 0.15) is 0 Å². The summed E-state index contributed by atoms with van der Waals surface area (Å²) in [6, 6.07) is 14.6. The molecular formula is C19H23N3O3S. The van der Waals surface area contributed by atoms with Gasteiger partial charge >= 0.3 is 0 Å². The Morgan fingerprint density at radius 2 is 1.73 bits per heavy atom. The predicted octanol–water partition coefficient (Wildman–Crippen LogP) is 2.49. The Morgan fingerprint density at radius 3 is 2.38 bits per heavy atom. The largest absolute Gasteiger partial charge is 0.345 e. The van der Waals surface area contributed by atoms with Crippen LogP contribution >= 0.6 is 0 Å². The molecule has 0 atom stereocenters. The van der Waals surface area contributed by atoms with Gasteiger partial charge in [-0.3, -0.25) is 9.52 Å². The van der Waals surface area contributed by atoms with Crippen molar-refractivity contribution in [2.75, 3.05) is 11.3 Å². The maximum atomic E-state index is 12.6. The van der Waals surface area contributed by atoms with Crippen molar-refractivity contribution in [3.8, 4) is 0 Å². The topological polar surface area (TPSA) is 101 Å². The predicted molar refractivity (Wildman–Crippen MR) is 101 cm³/mol. The fourth-order valence-corrected chi connectivity index (χ4v) is 4.35. The maximum Gasteiger partial charge on any atom is 0.261 e. The number of nitrogens with two attached hydrogens (primary N) is 1. The summed E-state index contributed by atoms with van der Waals surface area (Å²) >= 11 is 0. The molecule has 0 aromatic heterocycles. The number of anilines is 1. The number of sulfonamides is 1. The molecule has 1 amide bonds. The number of nitrogens with one attached hydrogen (secondary N) is 2. The van der Waals surface area contributed by atoms with E-state index in [2.05, 4.69) is 10.0 Å². The van der Waals surface area contributed by atoms with Gasteiger partial charge in [0.25, 0.3) is 15.9 Å². The minimum Gasteiger partial charge on any atom is -0.345 e. The summed E-state index contributed by atoms with van der Waals surface area (Å²) < 4.78 is 27.4. The van der Waals surface area contributed by atoms with Crippen molar-refractivity contribution in [1.29, 1.82) is 0 Å². The van der Waals surface area contributed by atoms with Crippen LogP contribution in [0.25, 0.3) is 0 Å². The van der Waals surface area contributed by atoms with E-state index in [-0.39, 0.29) is 16.3 Å². The van der Waals surface area contributed by atoms with Gasteiger partial charge in [0, 0.05) is 17.8 Å². The molecule has 4 N–H and O–H groups in total. The maximum absolute atomic E-state index is 12.6. The van der Waals surface area contributed by atoms with E-state index in [0.717, 1.165) is 25.7 Å². The third-order valence-corrected chi connectivity index (χ3v) is 6.16. The summed E-state index contributed by atoms with van der Waals surface area (Å²) in [4.78, 5) is 12.8. The van der Waals surface area contributed by atoms with E-state index in [9.17, 15) is 13.2 Å². The Balaban J connectivity index is 1.77. The molecule has 6 nitrogen and oxygen atoms in total. The fourth-order valence-electron chi connectivity index (χ4n) is 3.28. The van der Waals surface area contributed by atoms with Gasteiger partial charge in [-0.25, -0.2) is 8.42 Å². The molecule has 0 saturated heterocycles. The fraction of sp³-hybridized carbons (Fsp3) is 0.316. The Kier molecular flexibility index (Phi) is 5.29. The van der Waals surface area contributed by atoms with E-state index in [1.807, 2.05) is 0 Å². The first kappa shape index (κ1) is 18.4. The molecule has 1 fully saturated rings. The van der Waals surface area contributed by atoms with Crippen molar-refractivity contribution in [1.82, 2.24) is 5.32 Å². The molecule has 0 heterocycles. The van der Waals surface area contributed by atoms with E-state index < -0.39 is 10.0 Å². The zero-order valence-electron chi connectivity index (χ0n) is 14.4. The first-order valence-corrected chi connectivity index (χ1v) is 10.1. The summed E-state index contributed by atoms with van der Waals surface area (Å²) in [7, 11) is -3.70. The van der Waals surface area contributed by atoms with Crippen LogP contribution in [0.1, 0.15) is 36.0 Å². The molecule has 0 unspecified atom stereocenters. The van der Waals surface area contributed by atoms with Crippen LogP contribution in [0.15, 0.2) is 59.5 Å². The minimum atomic E-state index is -3.70. The molecule has 2 aromatic rings. The highest BCUT2D eigenvalue weighted by atomic mass is 32.2. The molecule has 0 bridgehead atoms. The number of benzene rings is 2. The highest BCUT2D eigenvalue weighted by Gasteiger charge is 2.34. The van der Waals surface area contributed by atoms with E-state index in [1.165, 1.54) is 18.2 Å². The number of carbonyl (C=O) groups excluding carboxylic acids is 1. The second-order valence-corrected chi connectivity index (χ2v) is 8.33. The second kappa shape index (κ2) is 7.47. The van der Waals surface area contributed by atoms with Crippen LogP contribution in [0.5, 0.6) is 0 Å². The van der Waals surface area contributed by atoms with Crippen LogP contribution in [0, 0.1) is 0 Å². The SMILES string of the molecule is NCC1(NC(=O)c2cccc(NS(=O)(=O)c3ccccc3)c2)CCCC1. The first-order valence-electron chi connectivity index (χ1n) is 8.65. The molecule has 138 valence electrons. The normalized spacial score (nSPS) is 16.2. The number of carbonyl (C=O) groups is 1. The van der Waals surface area contributed by atoms with Crippen molar-refractivity contribution in [2.24, 2.45) is 5.73 Å². The van der Waals surface area contributed by atoms with Gasteiger partial charge in [-0.2, -0.15) is 0 Å². The van der Waals surface area contributed by atoms with Crippen LogP contribution in [0.2, 0.25) is 0 Å². The van der Waals surface area contributed by atoms with Crippen LogP contribution in [-0.4, -0.2) is 26.4 Å². The third kappa shape index (κ3) is 4.05. The summed E-state index contributed by atoms with van der Waals surface area (Å²) in [6.07, 6.45) is 3.84. The third-order valence-electron chi connectivity index (χ3n) is 4.76. The molecule has 0 aliphatic heterocycles. The van der Waals surface area contributed by atoms with Crippen molar-refractivity contribution in [2.45, 2.75) is 36.1 Å². The molecular weight excluding hydrogens is 350 g/mol. The van der Waals surface area contributed by atoms with Gasteiger partial charge in [-0.1, -0.05) is 37.1 Å². The molecule has 7 heteroatoms. The lowest BCUT2D eigenvalue weighted by Gasteiger charge is -2.28. The highest BCUT2D eigenvalue weighted by molar-refractivity contribution is 7.92. The number of amides is 1. The molecule has 0 radical (unpaired) electrons. The number of rotatable bonds is 6. The average molecular weight is 373 g/mol. The van der Waals surface area contributed by atoms with Gasteiger partial charge in [-0.15, -0.1) is 0 Å². The Hall–Kier alpha value is -2.38. The zero-order valence-corrected chi connectivity index (χ0v) is 15.3. The van der Waals surface area contributed by atoms with Crippen LogP contribution in [-0.2, 0) is 10.0 Å². The Labute approximate surface area is 153 Å². The van der Waals surface area contributed by atoms with Crippen molar-refractivity contribution in [3.63, 3.8) is 0 Å². The zero-order chi connectivity index (χ0) is 18.6. The number of hydrogen-bond acceptors (Lipinski definition) is 4. The lowest BCUT2D eigenvalue weighted by Crippen LogP contribution is -2.51. The molecule has 2 aromatic carbocycles. The Morgan fingerprint density at radius 1 is 1.04 bits per heavy atom. The molecule has 3 rings (SSSR count). The molecule has 0 spiro atoms. The molecule has 1 aliphatic rings. The van der Waals surface area contributed by atoms with Crippen molar-refractivity contribution < 1.29 is 13.2 Å². The second-order valence-electron chi connectivity index (χ2n) is 6.65. The summed E-state index contributed by atoms with van der Waals surface area (Å²) in [5, 5.41) is 3.04. The van der Waals surface area contributed by atoms with Gasteiger partial charge in [0.15, 0.2) is 0 Å². The quantitative estimate of drug-likeness (QED) is 0.724. The van der Waals surface area contributed by atoms with Gasteiger partial charge in [0.05, 0.1) is 10.4 Å². The highest BCUT2D eigenvalue weighted by Crippen LogP contribution is 2.29. The van der Waals surface area contributed by atoms with Gasteiger partial charge < -0.3 is 11.1 Å². The lowest BCUT2D eigenvalue weighted by molar-refractivity contribution is 0.0903. The first-order chi connectivity index (χ1) is 12.4. The summed E-state index contributed by atoms with van der Waals surface area (Å²) in [6.45, 7) is 0.402. The van der Waals surface area contributed by atoms with E-state index in [0.29, 0.717) is 17.8 Å². The van der Waals surface area contributed by atoms with Gasteiger partial charge in [-0.05, 0) is 43.2 Å². The number of hydrogen-bond donors (Lipinski definition) is 3. The minimum absolute atomic E-state index is 0.169. The molecule has 26 heavy (non-hydrogen) atoms.